The van der Waals surface area contributed by atoms with Crippen LogP contribution in [0.15, 0.2) is 36.7 Å². The second-order valence-electron chi connectivity index (χ2n) is 7.31. The van der Waals surface area contributed by atoms with Crippen molar-refractivity contribution in [3.8, 4) is 0 Å². The van der Waals surface area contributed by atoms with E-state index in [9.17, 15) is 4.79 Å². The largest absolute Gasteiger partial charge is 0.367 e. The zero-order chi connectivity index (χ0) is 17.1. The minimum Gasteiger partial charge on any atom is -0.367 e. The van der Waals surface area contributed by atoms with Gasteiger partial charge < -0.3 is 15.6 Å². The number of nitrogens with zero attached hydrogens (tertiary/aromatic N) is 1. The quantitative estimate of drug-likeness (QED) is 0.776. The molecule has 0 radical (unpaired) electrons. The number of rotatable bonds is 5. The summed E-state index contributed by atoms with van der Waals surface area (Å²) in [5.41, 5.74) is 1.98. The van der Waals surface area contributed by atoms with Crippen LogP contribution in [-0.4, -0.2) is 28.0 Å². The first-order valence-corrected chi connectivity index (χ1v) is 9.45. The number of carbonyl (C=O) groups is 1. The molecule has 2 saturated carbocycles. The van der Waals surface area contributed by atoms with E-state index in [0.29, 0.717) is 12.0 Å². The van der Waals surface area contributed by atoms with Crippen LogP contribution in [0.4, 0.5) is 5.82 Å². The molecule has 0 aliphatic heterocycles. The third-order valence-corrected chi connectivity index (χ3v) is 5.62. The Balaban J connectivity index is 1.28. The van der Waals surface area contributed by atoms with Gasteiger partial charge in [-0.05, 0) is 62.6 Å². The molecule has 0 unspecified atom stereocenters. The molecule has 2 heterocycles. The summed E-state index contributed by atoms with van der Waals surface area (Å²) in [5, 5.41) is 6.74. The van der Waals surface area contributed by atoms with Gasteiger partial charge in [0.25, 0.3) is 5.91 Å². The van der Waals surface area contributed by atoms with Gasteiger partial charge in [0.2, 0.25) is 0 Å². The predicted octanol–water partition coefficient (Wildman–Crippen LogP) is 3.83. The average molecular weight is 338 g/mol. The van der Waals surface area contributed by atoms with E-state index in [0.717, 1.165) is 42.8 Å². The molecule has 5 nitrogen and oxygen atoms in total. The molecule has 2 aromatic rings. The Kier molecular flexibility index (Phi) is 4.72. The van der Waals surface area contributed by atoms with Crippen LogP contribution in [0.1, 0.15) is 66.9 Å². The second kappa shape index (κ2) is 7.30. The van der Waals surface area contributed by atoms with E-state index in [-0.39, 0.29) is 11.9 Å². The van der Waals surface area contributed by atoms with Crippen LogP contribution in [-0.2, 0) is 0 Å². The van der Waals surface area contributed by atoms with Crippen LogP contribution in [0, 0.1) is 0 Å². The molecule has 4 rings (SSSR count). The van der Waals surface area contributed by atoms with Crippen LogP contribution in [0.25, 0.3) is 0 Å². The maximum atomic E-state index is 12.7. The van der Waals surface area contributed by atoms with E-state index in [1.165, 1.54) is 19.3 Å². The Morgan fingerprint density at radius 2 is 1.84 bits per heavy atom. The Hall–Kier alpha value is -2.30. The molecule has 0 atom stereocenters. The lowest BCUT2D eigenvalue weighted by atomic mass is 9.81. The zero-order valence-corrected chi connectivity index (χ0v) is 14.5. The summed E-state index contributed by atoms with van der Waals surface area (Å²) in [7, 11) is 0. The van der Waals surface area contributed by atoms with Gasteiger partial charge in [-0.3, -0.25) is 4.79 Å². The van der Waals surface area contributed by atoms with Gasteiger partial charge in [-0.25, -0.2) is 4.98 Å². The molecule has 0 saturated heterocycles. The van der Waals surface area contributed by atoms with E-state index < -0.39 is 0 Å². The molecule has 132 valence electrons. The maximum absolute atomic E-state index is 12.7. The van der Waals surface area contributed by atoms with Crippen molar-refractivity contribution < 1.29 is 4.79 Å². The Bertz CT molecular complexity index is 699. The van der Waals surface area contributed by atoms with Crippen LogP contribution >= 0.6 is 0 Å². The van der Waals surface area contributed by atoms with Crippen LogP contribution < -0.4 is 10.6 Å². The minimum absolute atomic E-state index is 0.0873. The standard InChI is InChI=1S/C20H26N4O/c25-20(17-11-13-22-19(17)14-4-3-5-14)24-16-9-7-15(8-10-16)23-18-6-1-2-12-21-18/h1-2,6,11-16,22H,3-5,7-10H2,(H,21,23)(H,24,25). The number of pyridine rings is 1. The van der Waals surface area contributed by atoms with Gasteiger partial charge >= 0.3 is 0 Å². The highest BCUT2D eigenvalue weighted by Gasteiger charge is 2.28. The normalized spacial score (nSPS) is 23.7. The highest BCUT2D eigenvalue weighted by atomic mass is 16.1. The summed E-state index contributed by atoms with van der Waals surface area (Å²) in [4.78, 5) is 20.3. The van der Waals surface area contributed by atoms with E-state index in [1.807, 2.05) is 36.7 Å². The molecular weight excluding hydrogens is 312 g/mol. The SMILES string of the molecule is O=C(NC1CCC(Nc2ccccn2)CC1)c1cc[nH]c1C1CCC1. The van der Waals surface area contributed by atoms with Crippen molar-refractivity contribution in [3.63, 3.8) is 0 Å². The van der Waals surface area contributed by atoms with Crippen LogP contribution in [0.2, 0.25) is 0 Å². The number of anilines is 1. The third-order valence-electron chi connectivity index (χ3n) is 5.62. The lowest BCUT2D eigenvalue weighted by Crippen LogP contribution is -2.40. The Morgan fingerprint density at radius 3 is 2.52 bits per heavy atom. The summed E-state index contributed by atoms with van der Waals surface area (Å²) in [6.07, 6.45) is 11.5. The fraction of sp³-hybridized carbons (Fsp3) is 0.500. The first kappa shape index (κ1) is 16.2. The van der Waals surface area contributed by atoms with E-state index in [2.05, 4.69) is 20.6 Å². The molecule has 2 aliphatic rings. The molecule has 3 N–H and O–H groups in total. The van der Waals surface area contributed by atoms with Crippen molar-refractivity contribution in [2.75, 3.05) is 5.32 Å². The maximum Gasteiger partial charge on any atom is 0.253 e. The second-order valence-corrected chi connectivity index (χ2v) is 7.31. The van der Waals surface area contributed by atoms with Crippen molar-refractivity contribution in [2.24, 2.45) is 0 Å². The Labute approximate surface area is 148 Å². The van der Waals surface area contributed by atoms with E-state index in [1.54, 1.807) is 0 Å². The summed E-state index contributed by atoms with van der Waals surface area (Å²) in [6, 6.07) is 8.58. The van der Waals surface area contributed by atoms with Gasteiger partial charge in [0.15, 0.2) is 0 Å². The topological polar surface area (TPSA) is 69.8 Å². The van der Waals surface area contributed by atoms with Crippen molar-refractivity contribution in [1.29, 1.82) is 0 Å². The number of H-pyrrole nitrogens is 1. The lowest BCUT2D eigenvalue weighted by Gasteiger charge is -2.30. The summed E-state index contributed by atoms with van der Waals surface area (Å²) < 4.78 is 0. The van der Waals surface area contributed by atoms with Crippen molar-refractivity contribution in [1.82, 2.24) is 15.3 Å². The van der Waals surface area contributed by atoms with Gasteiger partial charge in [0.05, 0.1) is 5.56 Å². The van der Waals surface area contributed by atoms with E-state index in [4.69, 9.17) is 0 Å². The van der Waals surface area contributed by atoms with Crippen LogP contribution in [0.3, 0.4) is 0 Å². The van der Waals surface area contributed by atoms with E-state index >= 15 is 0 Å². The van der Waals surface area contributed by atoms with Gasteiger partial charge in [0, 0.05) is 30.2 Å². The average Bonchev–Trinajstić information content (AvgIpc) is 3.05. The van der Waals surface area contributed by atoms with Gasteiger partial charge in [-0.15, -0.1) is 0 Å². The molecule has 25 heavy (non-hydrogen) atoms. The zero-order valence-electron chi connectivity index (χ0n) is 14.5. The number of amides is 1. The molecular formula is C20H26N4O. The molecule has 1 amide bonds. The molecule has 0 bridgehead atoms. The van der Waals surface area contributed by atoms with Crippen molar-refractivity contribution in [2.45, 2.75) is 62.9 Å². The number of hydrogen-bond acceptors (Lipinski definition) is 3. The van der Waals surface area contributed by atoms with Gasteiger partial charge in [-0.2, -0.15) is 0 Å². The first-order chi connectivity index (χ1) is 12.3. The molecule has 5 heteroatoms. The molecule has 2 aromatic heterocycles. The minimum atomic E-state index is 0.0873. The van der Waals surface area contributed by atoms with Gasteiger partial charge in [-0.1, -0.05) is 12.5 Å². The number of nitrogens with one attached hydrogen (secondary N) is 3. The number of aromatic nitrogens is 2. The van der Waals surface area contributed by atoms with Crippen molar-refractivity contribution >= 4 is 11.7 Å². The number of aromatic amines is 1. The fourth-order valence-corrected chi connectivity index (χ4v) is 3.92. The molecule has 2 fully saturated rings. The number of carbonyl (C=O) groups excluding carboxylic acids is 1. The highest BCUT2D eigenvalue weighted by Crippen LogP contribution is 2.37. The monoisotopic (exact) mass is 338 g/mol. The van der Waals surface area contributed by atoms with Crippen LogP contribution in [0.5, 0.6) is 0 Å². The Morgan fingerprint density at radius 1 is 1.04 bits per heavy atom. The first-order valence-electron chi connectivity index (χ1n) is 9.45. The predicted molar refractivity (Wildman–Crippen MR) is 98.8 cm³/mol. The summed E-state index contributed by atoms with van der Waals surface area (Å²) in [6.45, 7) is 0. The molecule has 0 spiro atoms. The smallest absolute Gasteiger partial charge is 0.253 e. The molecule has 2 aliphatic carbocycles. The third kappa shape index (κ3) is 3.70. The van der Waals surface area contributed by atoms with Crippen molar-refractivity contribution in [3.05, 3.63) is 47.9 Å². The summed E-state index contributed by atoms with van der Waals surface area (Å²) >= 11 is 0. The lowest BCUT2D eigenvalue weighted by molar-refractivity contribution is 0.0924. The number of hydrogen-bond donors (Lipinski definition) is 3. The van der Waals surface area contributed by atoms with Gasteiger partial charge in [0.1, 0.15) is 5.82 Å². The summed E-state index contributed by atoms with van der Waals surface area (Å²) in [5.74, 6) is 1.57. The fourth-order valence-electron chi connectivity index (χ4n) is 3.92. The highest BCUT2D eigenvalue weighted by molar-refractivity contribution is 5.95. The molecule has 0 aromatic carbocycles.